The quantitative estimate of drug-likeness (QED) is 0.0264. The largest absolute Gasteiger partial charge is 0.464 e. The van der Waals surface area contributed by atoms with E-state index in [0.717, 1.165) is 115 Å². The van der Waals surface area contributed by atoms with Crippen LogP contribution in [0.5, 0.6) is 0 Å². The van der Waals surface area contributed by atoms with Gasteiger partial charge >= 0.3 is 5.97 Å². The highest BCUT2D eigenvalue weighted by atomic mass is 33.1. The summed E-state index contributed by atoms with van der Waals surface area (Å²) in [4.78, 5) is 22.4. The van der Waals surface area contributed by atoms with Gasteiger partial charge < -0.3 is 25.2 Å². The van der Waals surface area contributed by atoms with E-state index in [1.165, 1.54) is 180 Å². The molecule has 0 amide bonds. The lowest BCUT2D eigenvalue weighted by atomic mass is 10.0. The summed E-state index contributed by atoms with van der Waals surface area (Å²) in [5, 5.41) is 44.0. The number of carbonyl (C=O) groups excluding carboxylic acids is 1. The number of aliphatic hydroxyl groups excluding tert-OH is 4. The molecule has 10 nitrogen and oxygen atoms in total. The Morgan fingerprint density at radius 1 is 0.400 bits per heavy atom. The van der Waals surface area contributed by atoms with E-state index in [-0.39, 0.29) is 18.2 Å². The van der Waals surface area contributed by atoms with Crippen LogP contribution < -0.4 is 0 Å². The number of rotatable bonds is 59. The van der Waals surface area contributed by atoms with Gasteiger partial charge in [0, 0.05) is 83.4 Å². The van der Waals surface area contributed by atoms with Crippen LogP contribution in [0.25, 0.3) is 0 Å². The summed E-state index contributed by atoms with van der Waals surface area (Å²) in [7, 11) is 3.93. The average Bonchev–Trinajstić information content (AvgIpc) is 3.39. The van der Waals surface area contributed by atoms with E-state index >= 15 is 0 Å². The summed E-state index contributed by atoms with van der Waals surface area (Å²) >= 11 is 0. The van der Waals surface area contributed by atoms with Crippen molar-refractivity contribution in [3.8, 4) is 0 Å². The van der Waals surface area contributed by atoms with Crippen molar-refractivity contribution < 1.29 is 30.0 Å². The molecule has 0 radical (unpaired) electrons. The zero-order valence-electron chi connectivity index (χ0n) is 50.2. The fourth-order valence-corrected chi connectivity index (χ4v) is 12.9. The molecule has 0 aromatic heterocycles. The number of hydrogen-bond donors (Lipinski definition) is 4. The minimum absolute atomic E-state index is 0.144. The average molecular weight is 1100 g/mol. The minimum atomic E-state index is -0.405. The number of carbonyl (C=O) groups is 1. The van der Waals surface area contributed by atoms with Crippen LogP contribution in [0.2, 0.25) is 0 Å². The minimum Gasteiger partial charge on any atom is -0.464 e. The Kier molecular flexibility index (Phi) is 54.2. The summed E-state index contributed by atoms with van der Waals surface area (Å²) < 4.78 is 5.73. The molecule has 1 aliphatic rings. The van der Waals surface area contributed by atoms with Gasteiger partial charge in [-0.25, -0.2) is 0 Å². The Hall–Kier alpha value is -0.150. The molecule has 12 heteroatoms. The number of unbranched alkanes of at least 4 members (excludes halogenated alkanes) is 28. The zero-order valence-corrected chi connectivity index (χ0v) is 51.8. The first-order valence-corrected chi connectivity index (χ1v) is 35.2. The van der Waals surface area contributed by atoms with Crippen LogP contribution in [0.4, 0.5) is 0 Å². The lowest BCUT2D eigenvalue weighted by Crippen LogP contribution is -2.47. The summed E-state index contributed by atoms with van der Waals surface area (Å²) in [6, 6.07) is 0. The molecule has 1 heterocycles. The second-order valence-electron chi connectivity index (χ2n) is 23.2. The van der Waals surface area contributed by atoms with Crippen molar-refractivity contribution in [3.63, 3.8) is 0 Å². The van der Waals surface area contributed by atoms with Crippen molar-refractivity contribution >= 4 is 27.6 Å². The third-order valence-electron chi connectivity index (χ3n) is 15.7. The van der Waals surface area contributed by atoms with Crippen molar-refractivity contribution in [3.05, 3.63) is 0 Å². The Morgan fingerprint density at radius 3 is 1.04 bits per heavy atom. The van der Waals surface area contributed by atoms with Crippen LogP contribution in [0.1, 0.15) is 278 Å². The van der Waals surface area contributed by atoms with Crippen LogP contribution in [0, 0.1) is 0 Å². The summed E-state index contributed by atoms with van der Waals surface area (Å²) in [5.41, 5.74) is 0. The number of piperazine rings is 1. The van der Waals surface area contributed by atoms with Crippen molar-refractivity contribution in [2.75, 3.05) is 96.6 Å². The molecular weight excluding hydrogens is 973 g/mol. The molecular formula is C63H128N4O6S2. The fraction of sp³-hybridized carbons (Fsp3) is 0.984. The molecule has 75 heavy (non-hydrogen) atoms. The van der Waals surface area contributed by atoms with Gasteiger partial charge in [-0.1, -0.05) is 255 Å². The molecule has 4 atom stereocenters. The van der Waals surface area contributed by atoms with Gasteiger partial charge in [-0.2, -0.15) is 0 Å². The molecule has 4 unspecified atom stereocenters. The van der Waals surface area contributed by atoms with Crippen LogP contribution >= 0.6 is 21.6 Å². The number of hydrogen-bond acceptors (Lipinski definition) is 12. The van der Waals surface area contributed by atoms with E-state index in [4.69, 9.17) is 4.74 Å². The van der Waals surface area contributed by atoms with Gasteiger partial charge in [-0.3, -0.25) is 24.4 Å². The zero-order chi connectivity index (χ0) is 54.5. The Balaban J connectivity index is 2.36. The van der Waals surface area contributed by atoms with E-state index in [1.54, 1.807) is 0 Å². The molecule has 0 bridgehead atoms. The molecule has 1 saturated heterocycles. The number of nitrogens with zero attached hydrogens (tertiary/aromatic N) is 4. The maximum absolute atomic E-state index is 12.9. The van der Waals surface area contributed by atoms with Gasteiger partial charge in [0.25, 0.3) is 0 Å². The third-order valence-corrected chi connectivity index (χ3v) is 18.2. The topological polar surface area (TPSA) is 120 Å². The Bertz CT molecular complexity index is 1120. The second kappa shape index (κ2) is 55.7. The normalized spacial score (nSPS) is 15.3. The fourth-order valence-electron chi connectivity index (χ4n) is 10.8. The smallest absolute Gasteiger partial charge is 0.305 e. The van der Waals surface area contributed by atoms with Crippen molar-refractivity contribution in [2.24, 2.45) is 0 Å². The summed E-state index contributed by atoms with van der Waals surface area (Å²) in [6.45, 7) is 19.5. The number of esters is 1. The van der Waals surface area contributed by atoms with Crippen molar-refractivity contribution in [1.82, 2.24) is 19.6 Å². The van der Waals surface area contributed by atoms with Crippen LogP contribution in [-0.4, -0.2) is 167 Å². The molecule has 448 valence electrons. The highest BCUT2D eigenvalue weighted by Gasteiger charge is 2.20. The van der Waals surface area contributed by atoms with Crippen LogP contribution in [0.3, 0.4) is 0 Å². The lowest BCUT2D eigenvalue weighted by molar-refractivity contribution is -0.144. The van der Waals surface area contributed by atoms with Gasteiger partial charge in [0.05, 0.1) is 24.4 Å². The van der Waals surface area contributed by atoms with Crippen LogP contribution in [0.15, 0.2) is 0 Å². The standard InChI is InChI=1S/C63H128N4O6S2/c1-5-9-13-17-21-23-25-27-31-35-41-59(68)55-66(56-60(69)42-36-32-28-26-24-22-18-14-10-6-2)44-37-43-63(72)73-52-50-64-46-48-65(49-47-64)51-54-75-74-53-38-45-67(57-61(70)39-33-29-19-15-11-7-3)58-62(71)40-34-30-20-16-12-8-4/h59-62,68-71H,5-58H2,1-4H3. The molecule has 0 aromatic rings. The van der Waals surface area contributed by atoms with E-state index < -0.39 is 12.2 Å². The SMILES string of the molecule is CCCCCCCCCCCCC(O)CN(CCCC(=O)OCCN1CCN(CCSSCCCN(CC(O)CCCCCCCC)CC(O)CCCCCCCC)CC1)CC(O)CCCCCCCCCCCC. The van der Waals surface area contributed by atoms with Gasteiger partial charge in [0.1, 0.15) is 6.61 Å². The molecule has 0 aliphatic carbocycles. The molecule has 0 spiro atoms. The van der Waals surface area contributed by atoms with E-state index in [0.29, 0.717) is 52.2 Å². The lowest BCUT2D eigenvalue weighted by Gasteiger charge is -2.34. The van der Waals surface area contributed by atoms with Crippen molar-refractivity contribution in [1.29, 1.82) is 0 Å². The third kappa shape index (κ3) is 49.4. The van der Waals surface area contributed by atoms with E-state index in [9.17, 15) is 25.2 Å². The Labute approximate surface area is 473 Å². The predicted molar refractivity (Wildman–Crippen MR) is 328 cm³/mol. The molecule has 0 aromatic carbocycles. The number of aliphatic hydroxyl groups is 4. The molecule has 1 aliphatic heterocycles. The second-order valence-corrected chi connectivity index (χ2v) is 25.9. The van der Waals surface area contributed by atoms with Crippen molar-refractivity contribution in [2.45, 2.75) is 303 Å². The van der Waals surface area contributed by atoms with Gasteiger partial charge in [-0.05, 0) is 51.6 Å². The number of ether oxygens (including phenoxy) is 1. The summed E-state index contributed by atoms with van der Waals surface area (Å²) in [6.07, 6.45) is 44.6. The molecule has 4 N–H and O–H groups in total. The first kappa shape index (κ1) is 72.9. The van der Waals surface area contributed by atoms with E-state index in [1.807, 2.05) is 21.6 Å². The maximum atomic E-state index is 12.9. The monoisotopic (exact) mass is 1100 g/mol. The highest BCUT2D eigenvalue weighted by Crippen LogP contribution is 2.23. The molecule has 1 fully saturated rings. The predicted octanol–water partition coefficient (Wildman–Crippen LogP) is 14.9. The highest BCUT2D eigenvalue weighted by molar-refractivity contribution is 8.76. The first-order valence-electron chi connectivity index (χ1n) is 32.7. The van der Waals surface area contributed by atoms with Gasteiger partial charge in [-0.15, -0.1) is 0 Å². The van der Waals surface area contributed by atoms with E-state index in [2.05, 4.69) is 47.3 Å². The molecule has 0 saturated carbocycles. The maximum Gasteiger partial charge on any atom is 0.305 e. The van der Waals surface area contributed by atoms with Gasteiger partial charge in [0.15, 0.2) is 0 Å². The summed E-state index contributed by atoms with van der Waals surface area (Å²) in [5.74, 6) is 2.04. The molecule has 1 rings (SSSR count). The Morgan fingerprint density at radius 2 is 0.693 bits per heavy atom. The van der Waals surface area contributed by atoms with Gasteiger partial charge in [0.2, 0.25) is 0 Å². The first-order chi connectivity index (χ1) is 36.7. The van der Waals surface area contributed by atoms with Crippen LogP contribution in [-0.2, 0) is 9.53 Å².